The number of esters is 3. The van der Waals surface area contributed by atoms with Gasteiger partial charge in [0.05, 0.1) is 14.2 Å². The van der Waals surface area contributed by atoms with E-state index in [1.54, 1.807) is 6.92 Å². The van der Waals surface area contributed by atoms with Gasteiger partial charge in [-0.2, -0.15) is 0 Å². The quantitative estimate of drug-likeness (QED) is 0.231. The highest BCUT2D eigenvalue weighted by atomic mass is 16.5. The summed E-state index contributed by atoms with van der Waals surface area (Å²) in [6.07, 6.45) is -0.143. The van der Waals surface area contributed by atoms with Gasteiger partial charge in [-0.1, -0.05) is 6.58 Å². The standard InChI is InChI=1S/C15H20O6/c1-6-7-8-15(13(17)19-4,14(18)20-5)9-11(2)10-21-12(3)16/h2,8-10H2,1,3-5H3. The van der Waals surface area contributed by atoms with Crippen molar-refractivity contribution in [2.75, 3.05) is 20.8 Å². The summed E-state index contributed by atoms with van der Waals surface area (Å²) in [4.78, 5) is 34.9. The lowest BCUT2D eigenvalue weighted by atomic mass is 9.79. The minimum Gasteiger partial charge on any atom is -0.468 e. The fourth-order valence-corrected chi connectivity index (χ4v) is 1.75. The van der Waals surface area contributed by atoms with E-state index in [1.807, 2.05) is 0 Å². The molecule has 0 aromatic carbocycles. The molecule has 0 saturated heterocycles. The first-order valence-electron chi connectivity index (χ1n) is 6.20. The molecule has 0 amide bonds. The maximum Gasteiger partial charge on any atom is 0.324 e. The summed E-state index contributed by atoms with van der Waals surface area (Å²) in [7, 11) is 2.35. The van der Waals surface area contributed by atoms with Crippen LogP contribution in [0.2, 0.25) is 0 Å². The summed E-state index contributed by atoms with van der Waals surface area (Å²) in [5, 5.41) is 0. The van der Waals surface area contributed by atoms with Crippen molar-refractivity contribution >= 4 is 17.9 Å². The van der Waals surface area contributed by atoms with Crippen LogP contribution >= 0.6 is 0 Å². The van der Waals surface area contributed by atoms with Gasteiger partial charge in [-0.05, 0) is 18.9 Å². The lowest BCUT2D eigenvalue weighted by molar-refractivity contribution is -0.168. The molecule has 0 unspecified atom stereocenters. The second-order valence-corrected chi connectivity index (χ2v) is 4.38. The number of hydrogen-bond donors (Lipinski definition) is 0. The molecule has 0 fully saturated rings. The van der Waals surface area contributed by atoms with E-state index in [1.165, 1.54) is 21.1 Å². The van der Waals surface area contributed by atoms with Gasteiger partial charge >= 0.3 is 17.9 Å². The Morgan fingerprint density at radius 2 is 1.67 bits per heavy atom. The van der Waals surface area contributed by atoms with Gasteiger partial charge in [-0.25, -0.2) is 0 Å². The van der Waals surface area contributed by atoms with E-state index in [-0.39, 0.29) is 19.4 Å². The van der Waals surface area contributed by atoms with Gasteiger partial charge in [-0.3, -0.25) is 14.4 Å². The van der Waals surface area contributed by atoms with Crippen molar-refractivity contribution < 1.29 is 28.6 Å². The topological polar surface area (TPSA) is 78.9 Å². The number of rotatable bonds is 7. The minimum atomic E-state index is -1.61. The predicted octanol–water partition coefficient (Wildman–Crippen LogP) is 1.24. The molecule has 21 heavy (non-hydrogen) atoms. The van der Waals surface area contributed by atoms with E-state index in [0.29, 0.717) is 5.57 Å². The number of methoxy groups -OCH3 is 2. The van der Waals surface area contributed by atoms with Crippen molar-refractivity contribution in [3.05, 3.63) is 12.2 Å². The molecule has 0 heterocycles. The third-order valence-corrected chi connectivity index (χ3v) is 2.75. The van der Waals surface area contributed by atoms with E-state index in [2.05, 4.69) is 18.4 Å². The van der Waals surface area contributed by atoms with Crippen LogP contribution in [0.1, 0.15) is 26.7 Å². The Labute approximate surface area is 124 Å². The second-order valence-electron chi connectivity index (χ2n) is 4.38. The third kappa shape index (κ3) is 5.30. The Hall–Kier alpha value is -2.29. The monoisotopic (exact) mass is 296 g/mol. The Morgan fingerprint density at radius 1 is 1.14 bits per heavy atom. The van der Waals surface area contributed by atoms with Crippen LogP contribution in [0.5, 0.6) is 0 Å². The number of carbonyl (C=O) groups is 3. The molecule has 0 rings (SSSR count). The molecule has 0 radical (unpaired) electrons. The van der Waals surface area contributed by atoms with Gasteiger partial charge in [0, 0.05) is 13.3 Å². The molecule has 6 heteroatoms. The lowest BCUT2D eigenvalue weighted by Crippen LogP contribution is -2.41. The van der Waals surface area contributed by atoms with Crippen molar-refractivity contribution in [2.45, 2.75) is 26.7 Å². The molecule has 0 aromatic rings. The van der Waals surface area contributed by atoms with Crippen LogP contribution < -0.4 is 0 Å². The molecule has 0 spiro atoms. The Morgan fingerprint density at radius 3 is 2.05 bits per heavy atom. The maximum absolute atomic E-state index is 12.1. The molecular weight excluding hydrogens is 276 g/mol. The zero-order chi connectivity index (χ0) is 16.5. The fraction of sp³-hybridized carbons (Fsp3) is 0.533. The van der Waals surface area contributed by atoms with Crippen LogP contribution in [0, 0.1) is 17.3 Å². The summed E-state index contributed by atoms with van der Waals surface area (Å²) >= 11 is 0. The number of carbonyl (C=O) groups excluding carboxylic acids is 3. The van der Waals surface area contributed by atoms with Crippen LogP contribution in [-0.2, 0) is 28.6 Å². The van der Waals surface area contributed by atoms with Crippen molar-refractivity contribution in [1.82, 2.24) is 0 Å². The highest BCUT2D eigenvalue weighted by Gasteiger charge is 2.48. The third-order valence-electron chi connectivity index (χ3n) is 2.75. The van der Waals surface area contributed by atoms with Crippen LogP contribution in [-0.4, -0.2) is 38.7 Å². The van der Waals surface area contributed by atoms with E-state index in [4.69, 9.17) is 14.2 Å². The van der Waals surface area contributed by atoms with E-state index in [0.717, 1.165) is 0 Å². The molecular formula is C15H20O6. The molecule has 0 saturated carbocycles. The molecule has 116 valence electrons. The molecule has 0 aromatic heterocycles. The molecule has 0 aliphatic rings. The molecule has 0 aliphatic carbocycles. The molecule has 0 aliphatic heterocycles. The average molecular weight is 296 g/mol. The smallest absolute Gasteiger partial charge is 0.324 e. The number of hydrogen-bond acceptors (Lipinski definition) is 6. The Bertz CT molecular complexity index is 464. The highest BCUT2D eigenvalue weighted by molar-refractivity contribution is 6.00. The minimum absolute atomic E-state index is 0.0675. The van der Waals surface area contributed by atoms with Gasteiger partial charge < -0.3 is 14.2 Å². The Balaban J connectivity index is 5.37. The van der Waals surface area contributed by atoms with Gasteiger partial charge in [0.1, 0.15) is 6.61 Å². The summed E-state index contributed by atoms with van der Waals surface area (Å²) < 4.78 is 14.2. The van der Waals surface area contributed by atoms with Crippen LogP contribution in [0.25, 0.3) is 0 Å². The first-order chi connectivity index (χ1) is 9.83. The van der Waals surface area contributed by atoms with E-state index >= 15 is 0 Å². The van der Waals surface area contributed by atoms with Crippen molar-refractivity contribution in [3.63, 3.8) is 0 Å². The van der Waals surface area contributed by atoms with E-state index in [9.17, 15) is 14.4 Å². The summed E-state index contributed by atoms with van der Waals surface area (Å²) in [6, 6.07) is 0. The summed E-state index contributed by atoms with van der Waals surface area (Å²) in [5.41, 5.74) is -1.22. The molecule has 0 N–H and O–H groups in total. The van der Waals surface area contributed by atoms with Gasteiger partial charge in [-0.15, -0.1) is 11.8 Å². The van der Waals surface area contributed by atoms with E-state index < -0.39 is 23.3 Å². The SMILES string of the molecule is C=C(COC(C)=O)CC(CC#CC)(C(=O)OC)C(=O)OC. The Kier molecular flexibility index (Phi) is 7.84. The fourth-order valence-electron chi connectivity index (χ4n) is 1.75. The van der Waals surface area contributed by atoms with Crippen LogP contribution in [0.4, 0.5) is 0 Å². The maximum atomic E-state index is 12.1. The van der Waals surface area contributed by atoms with Crippen molar-refractivity contribution in [1.29, 1.82) is 0 Å². The zero-order valence-electron chi connectivity index (χ0n) is 12.8. The van der Waals surface area contributed by atoms with Crippen LogP contribution in [0.15, 0.2) is 12.2 Å². The average Bonchev–Trinajstić information content (AvgIpc) is 2.47. The molecule has 0 atom stereocenters. The zero-order valence-corrected chi connectivity index (χ0v) is 12.8. The molecule has 0 bridgehead atoms. The highest BCUT2D eigenvalue weighted by Crippen LogP contribution is 2.33. The first kappa shape index (κ1) is 18.7. The second kappa shape index (κ2) is 8.80. The van der Waals surface area contributed by atoms with Gasteiger partial charge in [0.15, 0.2) is 5.41 Å². The van der Waals surface area contributed by atoms with Crippen molar-refractivity contribution in [2.24, 2.45) is 5.41 Å². The number of ether oxygens (including phenoxy) is 3. The molecule has 6 nitrogen and oxygen atoms in total. The predicted molar refractivity (Wildman–Crippen MR) is 74.9 cm³/mol. The van der Waals surface area contributed by atoms with Crippen LogP contribution in [0.3, 0.4) is 0 Å². The largest absolute Gasteiger partial charge is 0.468 e. The van der Waals surface area contributed by atoms with Gasteiger partial charge in [0.25, 0.3) is 0 Å². The first-order valence-corrected chi connectivity index (χ1v) is 6.20. The lowest BCUT2D eigenvalue weighted by Gasteiger charge is -2.27. The van der Waals surface area contributed by atoms with Crippen molar-refractivity contribution in [3.8, 4) is 11.8 Å². The normalized spacial score (nSPS) is 9.90. The summed E-state index contributed by atoms with van der Waals surface area (Å²) in [5.74, 6) is 3.31. The summed E-state index contributed by atoms with van der Waals surface area (Å²) in [6.45, 7) is 6.46. The van der Waals surface area contributed by atoms with Gasteiger partial charge in [0.2, 0.25) is 0 Å².